The van der Waals surface area contributed by atoms with Crippen LogP contribution in [0.15, 0.2) is 85.6 Å². The van der Waals surface area contributed by atoms with Crippen LogP contribution in [0.25, 0.3) is 16.9 Å². The van der Waals surface area contributed by atoms with Gasteiger partial charge in [-0.25, -0.2) is 9.97 Å². The van der Waals surface area contributed by atoms with Gasteiger partial charge in [-0.2, -0.15) is 0 Å². The van der Waals surface area contributed by atoms with Crippen molar-refractivity contribution in [1.82, 2.24) is 19.4 Å². The van der Waals surface area contributed by atoms with E-state index >= 15 is 0 Å². The van der Waals surface area contributed by atoms with Gasteiger partial charge in [0.1, 0.15) is 5.75 Å². The minimum absolute atomic E-state index is 0.0734. The van der Waals surface area contributed by atoms with Crippen LogP contribution in [-0.4, -0.2) is 51.1 Å². The fraction of sp³-hybridized carbons (Fsp3) is 0.172. The third-order valence-electron chi connectivity index (χ3n) is 5.75. The first-order chi connectivity index (χ1) is 19.6. The standard InChI is InChI=1S/C19H18N6.C10H12ClNO3/c1-20-16-4-2-3-15(11-16)17-13-25-10-9-22-19(25)18(24-17)23-12-14-5-7-21-8-6-14;11-8-2-3-10(15-5-1-4-13)9(6-8)12-7-14/h2-11,13,20H,12H2,1H3,(H,23,24);2-3,6-7,13H,1,4-5H2,(H,12,14). The third-order valence-corrected chi connectivity index (χ3v) is 5.98. The van der Waals surface area contributed by atoms with E-state index in [0.717, 1.165) is 34.0 Å². The summed E-state index contributed by atoms with van der Waals surface area (Å²) in [5, 5.41) is 18.2. The third kappa shape index (κ3) is 7.68. The van der Waals surface area contributed by atoms with Crippen LogP contribution in [0.1, 0.15) is 12.0 Å². The minimum Gasteiger partial charge on any atom is -0.491 e. The number of carbonyl (C=O) groups is 1. The zero-order valence-corrected chi connectivity index (χ0v) is 22.7. The number of anilines is 3. The van der Waals surface area contributed by atoms with E-state index in [9.17, 15) is 4.79 Å². The van der Waals surface area contributed by atoms with Crippen molar-refractivity contribution in [2.75, 3.05) is 36.2 Å². The molecule has 3 heterocycles. The second-order valence-corrected chi connectivity index (χ2v) is 8.94. The monoisotopic (exact) mass is 559 g/mol. The lowest BCUT2D eigenvalue weighted by Gasteiger charge is -2.11. The van der Waals surface area contributed by atoms with Crippen LogP contribution < -0.4 is 20.7 Å². The van der Waals surface area contributed by atoms with Crippen LogP contribution in [0.5, 0.6) is 5.75 Å². The smallest absolute Gasteiger partial charge is 0.211 e. The molecular weight excluding hydrogens is 530 g/mol. The number of amides is 1. The summed E-state index contributed by atoms with van der Waals surface area (Å²) in [7, 11) is 1.91. The number of halogens is 1. The number of hydrogen-bond acceptors (Lipinski definition) is 8. The number of rotatable bonds is 11. The number of nitrogens with zero attached hydrogens (tertiary/aromatic N) is 4. The maximum Gasteiger partial charge on any atom is 0.211 e. The Morgan fingerprint density at radius 2 is 1.95 bits per heavy atom. The Bertz CT molecular complexity index is 1530. The van der Waals surface area contributed by atoms with Crippen LogP contribution >= 0.6 is 11.6 Å². The van der Waals surface area contributed by atoms with Gasteiger partial charge in [0.25, 0.3) is 0 Å². The number of hydrogen-bond donors (Lipinski definition) is 4. The van der Waals surface area contributed by atoms with E-state index in [1.165, 1.54) is 0 Å². The molecule has 0 aliphatic heterocycles. The number of imidazole rings is 1. The Morgan fingerprint density at radius 1 is 1.10 bits per heavy atom. The molecule has 11 heteroatoms. The molecule has 0 saturated carbocycles. The lowest BCUT2D eigenvalue weighted by molar-refractivity contribution is -0.105. The molecule has 0 bridgehead atoms. The Kier molecular flexibility index (Phi) is 10.3. The van der Waals surface area contributed by atoms with Crippen molar-refractivity contribution in [3.05, 3.63) is 96.2 Å². The molecular formula is C29H30ClN7O3. The SMILES string of the molecule is CNc1cccc(-c2cn3ccnc3c(NCc3ccncc3)n2)c1.O=CNc1cc(Cl)ccc1OCCCO. The minimum atomic E-state index is 0.0734. The molecule has 1 amide bonds. The van der Waals surface area contributed by atoms with Crippen molar-refractivity contribution in [2.24, 2.45) is 0 Å². The Balaban J connectivity index is 0.000000212. The molecule has 10 nitrogen and oxygen atoms in total. The van der Waals surface area contributed by atoms with E-state index in [-0.39, 0.29) is 6.61 Å². The van der Waals surface area contributed by atoms with Crippen LogP contribution in [-0.2, 0) is 11.3 Å². The predicted octanol–water partition coefficient (Wildman–Crippen LogP) is 5.11. The zero-order valence-electron chi connectivity index (χ0n) is 21.9. The van der Waals surface area contributed by atoms with E-state index in [4.69, 9.17) is 26.4 Å². The lowest BCUT2D eigenvalue weighted by atomic mass is 10.1. The molecule has 3 aromatic heterocycles. The van der Waals surface area contributed by atoms with Gasteiger partial charge in [-0.15, -0.1) is 0 Å². The molecule has 0 radical (unpaired) electrons. The first-order valence-electron chi connectivity index (χ1n) is 12.6. The molecule has 206 valence electrons. The number of carbonyl (C=O) groups excluding carboxylic acids is 1. The normalized spacial score (nSPS) is 10.4. The number of ether oxygens (including phenoxy) is 1. The van der Waals surface area contributed by atoms with Crippen molar-refractivity contribution < 1.29 is 14.6 Å². The fourth-order valence-corrected chi connectivity index (χ4v) is 3.93. The molecule has 5 rings (SSSR count). The van der Waals surface area contributed by atoms with Crippen molar-refractivity contribution in [2.45, 2.75) is 13.0 Å². The largest absolute Gasteiger partial charge is 0.491 e. The zero-order chi connectivity index (χ0) is 28.2. The van der Waals surface area contributed by atoms with Gasteiger partial charge in [0.05, 0.1) is 18.0 Å². The molecule has 0 saturated heterocycles. The van der Waals surface area contributed by atoms with Gasteiger partial charge in [-0.05, 0) is 48.0 Å². The summed E-state index contributed by atoms with van der Waals surface area (Å²) in [5.74, 6) is 1.30. The Morgan fingerprint density at radius 3 is 2.73 bits per heavy atom. The van der Waals surface area contributed by atoms with Gasteiger partial charge >= 0.3 is 0 Å². The molecule has 0 fully saturated rings. The number of fused-ring (bicyclic) bond motifs is 1. The van der Waals surface area contributed by atoms with E-state index < -0.39 is 0 Å². The number of pyridine rings is 1. The van der Waals surface area contributed by atoms with E-state index in [1.54, 1.807) is 36.8 Å². The summed E-state index contributed by atoms with van der Waals surface area (Å²) in [6, 6.07) is 17.1. The highest BCUT2D eigenvalue weighted by Crippen LogP contribution is 2.28. The molecule has 5 aromatic rings. The van der Waals surface area contributed by atoms with E-state index in [2.05, 4.69) is 38.1 Å². The predicted molar refractivity (Wildman–Crippen MR) is 158 cm³/mol. The van der Waals surface area contributed by atoms with Crippen molar-refractivity contribution in [3.8, 4) is 17.0 Å². The van der Waals surface area contributed by atoms with Gasteiger partial charge < -0.3 is 30.2 Å². The summed E-state index contributed by atoms with van der Waals surface area (Å²) >= 11 is 5.76. The maximum absolute atomic E-state index is 10.3. The van der Waals surface area contributed by atoms with Crippen molar-refractivity contribution in [3.63, 3.8) is 0 Å². The summed E-state index contributed by atoms with van der Waals surface area (Å²) in [6.07, 6.45) is 10.4. The quantitative estimate of drug-likeness (QED) is 0.130. The highest BCUT2D eigenvalue weighted by Gasteiger charge is 2.10. The molecule has 0 atom stereocenters. The summed E-state index contributed by atoms with van der Waals surface area (Å²) < 4.78 is 7.33. The van der Waals surface area contributed by atoms with Crippen LogP contribution in [0.3, 0.4) is 0 Å². The Hall–Kier alpha value is -4.67. The molecule has 0 aliphatic carbocycles. The number of aliphatic hydroxyl groups is 1. The second kappa shape index (κ2) is 14.5. The highest BCUT2D eigenvalue weighted by atomic mass is 35.5. The first-order valence-corrected chi connectivity index (χ1v) is 13.0. The average Bonchev–Trinajstić information content (AvgIpc) is 3.47. The molecule has 0 spiro atoms. The fourth-order valence-electron chi connectivity index (χ4n) is 3.76. The number of benzene rings is 2. The van der Waals surface area contributed by atoms with Crippen LogP contribution in [0, 0.1) is 0 Å². The molecule has 40 heavy (non-hydrogen) atoms. The molecule has 4 N–H and O–H groups in total. The maximum atomic E-state index is 10.3. The molecule has 0 aliphatic rings. The number of nitrogens with one attached hydrogen (secondary N) is 3. The average molecular weight is 560 g/mol. The van der Waals surface area contributed by atoms with E-state index in [0.29, 0.717) is 42.4 Å². The molecule has 2 aromatic carbocycles. The van der Waals surface area contributed by atoms with Gasteiger partial charge in [0.15, 0.2) is 11.5 Å². The van der Waals surface area contributed by atoms with Crippen molar-refractivity contribution >= 4 is 40.9 Å². The van der Waals surface area contributed by atoms with Crippen LogP contribution in [0.4, 0.5) is 17.2 Å². The van der Waals surface area contributed by atoms with Gasteiger partial charge in [-0.1, -0.05) is 23.7 Å². The number of aliphatic hydroxyl groups excluding tert-OH is 1. The summed E-state index contributed by atoms with van der Waals surface area (Å²) in [5.41, 5.74) is 5.47. The van der Waals surface area contributed by atoms with Crippen molar-refractivity contribution in [1.29, 1.82) is 0 Å². The van der Waals surface area contributed by atoms with Gasteiger partial charge in [0, 0.05) is 73.9 Å². The summed E-state index contributed by atoms with van der Waals surface area (Å²) in [4.78, 5) is 23.6. The number of aromatic nitrogens is 4. The van der Waals surface area contributed by atoms with E-state index in [1.807, 2.05) is 48.1 Å². The first kappa shape index (κ1) is 28.3. The topological polar surface area (TPSA) is 126 Å². The summed E-state index contributed by atoms with van der Waals surface area (Å²) in [6.45, 7) is 1.13. The van der Waals surface area contributed by atoms with Gasteiger partial charge in [0.2, 0.25) is 6.41 Å². The molecule has 0 unspecified atom stereocenters. The Labute approximate surface area is 237 Å². The van der Waals surface area contributed by atoms with Gasteiger partial charge in [-0.3, -0.25) is 9.78 Å². The lowest BCUT2D eigenvalue weighted by Crippen LogP contribution is -2.05. The highest BCUT2D eigenvalue weighted by molar-refractivity contribution is 6.31. The van der Waals surface area contributed by atoms with Crippen LogP contribution in [0.2, 0.25) is 5.02 Å². The second-order valence-electron chi connectivity index (χ2n) is 8.50.